The van der Waals surface area contributed by atoms with Crippen molar-refractivity contribution in [3.05, 3.63) is 29.3 Å². The van der Waals surface area contributed by atoms with Crippen LogP contribution in [0.1, 0.15) is 11.1 Å². The van der Waals surface area contributed by atoms with Gasteiger partial charge in [-0.25, -0.2) is 4.79 Å². The van der Waals surface area contributed by atoms with Gasteiger partial charge >= 0.3 is 6.09 Å². The summed E-state index contributed by atoms with van der Waals surface area (Å²) in [6, 6.07) is 5.87. The summed E-state index contributed by atoms with van der Waals surface area (Å²) in [5.74, 6) is 0. The van der Waals surface area contributed by atoms with Gasteiger partial charge in [0.25, 0.3) is 0 Å². The molecule has 13 heavy (non-hydrogen) atoms. The molecule has 1 heterocycles. The lowest BCUT2D eigenvalue weighted by molar-refractivity contribution is 0.165. The maximum Gasteiger partial charge on any atom is 0.411 e. The second-order valence-electron chi connectivity index (χ2n) is 3.11. The van der Waals surface area contributed by atoms with Crippen molar-refractivity contribution in [2.24, 2.45) is 0 Å². The highest BCUT2D eigenvalue weighted by molar-refractivity contribution is 5.86. The zero-order valence-electron chi connectivity index (χ0n) is 7.46. The molecule has 0 atom stereocenters. The van der Waals surface area contributed by atoms with Crippen LogP contribution in [0.4, 0.5) is 10.5 Å². The Morgan fingerprint density at radius 2 is 2.31 bits per heavy atom. The predicted octanol–water partition coefficient (Wildman–Crippen LogP) is 2.10. The number of cyclic esters (lactones) is 1. The number of benzene rings is 1. The molecular weight excluding hydrogens is 166 g/mol. The van der Waals surface area contributed by atoms with Gasteiger partial charge in [-0.3, -0.25) is 5.32 Å². The summed E-state index contributed by atoms with van der Waals surface area (Å²) >= 11 is 0. The van der Waals surface area contributed by atoms with Crippen molar-refractivity contribution in [1.29, 1.82) is 0 Å². The topological polar surface area (TPSA) is 38.3 Å². The fourth-order valence-corrected chi connectivity index (χ4v) is 1.54. The van der Waals surface area contributed by atoms with Gasteiger partial charge in [-0.1, -0.05) is 12.1 Å². The Labute approximate surface area is 76.7 Å². The van der Waals surface area contributed by atoms with E-state index >= 15 is 0 Å². The molecule has 3 heteroatoms. The number of ether oxygens (including phenoxy) is 1. The largest absolute Gasteiger partial charge is 0.449 e. The van der Waals surface area contributed by atoms with Crippen LogP contribution >= 0.6 is 0 Å². The van der Waals surface area contributed by atoms with Crippen molar-refractivity contribution < 1.29 is 9.53 Å². The fourth-order valence-electron chi connectivity index (χ4n) is 1.54. The molecule has 1 aromatic rings. The molecule has 0 aliphatic carbocycles. The first kappa shape index (κ1) is 8.10. The molecule has 1 N–H and O–H groups in total. The Balaban J connectivity index is 2.45. The fraction of sp³-hybridized carbons (Fsp3) is 0.300. The van der Waals surface area contributed by atoms with Gasteiger partial charge in [-0.15, -0.1) is 0 Å². The third-order valence-electron chi connectivity index (χ3n) is 2.23. The quantitative estimate of drug-likeness (QED) is 0.659. The Morgan fingerprint density at radius 1 is 1.46 bits per heavy atom. The van der Waals surface area contributed by atoms with Crippen molar-refractivity contribution in [2.45, 2.75) is 13.3 Å². The van der Waals surface area contributed by atoms with E-state index in [1.54, 1.807) is 0 Å². The minimum absolute atomic E-state index is 0.357. The molecule has 0 spiro atoms. The van der Waals surface area contributed by atoms with E-state index in [4.69, 9.17) is 4.74 Å². The van der Waals surface area contributed by atoms with Gasteiger partial charge in [0.05, 0.1) is 6.61 Å². The summed E-state index contributed by atoms with van der Waals surface area (Å²) in [6.07, 6.45) is 0.435. The lowest BCUT2D eigenvalue weighted by Gasteiger charge is -2.06. The van der Waals surface area contributed by atoms with Gasteiger partial charge in [0.15, 0.2) is 0 Å². The number of amides is 1. The first-order chi connectivity index (χ1) is 6.27. The number of hydrogen-bond donors (Lipinski definition) is 1. The van der Waals surface area contributed by atoms with Gasteiger partial charge < -0.3 is 4.74 Å². The van der Waals surface area contributed by atoms with E-state index in [-0.39, 0.29) is 6.09 Å². The summed E-state index contributed by atoms with van der Waals surface area (Å²) < 4.78 is 4.89. The Kier molecular flexibility index (Phi) is 1.93. The van der Waals surface area contributed by atoms with E-state index in [1.165, 1.54) is 11.1 Å². The molecular formula is C10H11NO2. The average molecular weight is 177 g/mol. The monoisotopic (exact) mass is 177 g/mol. The summed E-state index contributed by atoms with van der Waals surface area (Å²) in [5.41, 5.74) is 3.25. The van der Waals surface area contributed by atoms with Crippen molar-refractivity contribution in [3.63, 3.8) is 0 Å². The highest BCUT2D eigenvalue weighted by Gasteiger charge is 2.13. The molecule has 1 aliphatic heterocycles. The summed E-state index contributed by atoms with van der Waals surface area (Å²) in [6.45, 7) is 2.50. The van der Waals surface area contributed by atoms with E-state index in [2.05, 4.69) is 5.32 Å². The maximum atomic E-state index is 11.0. The lowest BCUT2D eigenvalue weighted by atomic mass is 10.0. The second-order valence-corrected chi connectivity index (χ2v) is 3.11. The number of hydrogen-bond acceptors (Lipinski definition) is 2. The molecule has 0 saturated carbocycles. The standard InChI is InChI=1S/C10H11NO2/c1-7-3-2-4-9-8(7)5-6-13-10(12)11-9/h2-4H,5-6H2,1H3,(H,11,12). The number of rotatable bonds is 0. The van der Waals surface area contributed by atoms with E-state index in [0.717, 1.165) is 12.1 Å². The third-order valence-corrected chi connectivity index (χ3v) is 2.23. The lowest BCUT2D eigenvalue weighted by Crippen LogP contribution is -2.11. The number of nitrogens with one attached hydrogen (secondary N) is 1. The molecule has 3 nitrogen and oxygen atoms in total. The molecule has 1 aromatic carbocycles. The van der Waals surface area contributed by atoms with Crippen molar-refractivity contribution in [2.75, 3.05) is 11.9 Å². The van der Waals surface area contributed by atoms with Crippen molar-refractivity contribution in [3.8, 4) is 0 Å². The smallest absolute Gasteiger partial charge is 0.411 e. The highest BCUT2D eigenvalue weighted by Crippen LogP contribution is 2.22. The first-order valence-corrected chi connectivity index (χ1v) is 4.29. The van der Waals surface area contributed by atoms with E-state index in [9.17, 15) is 4.79 Å². The normalized spacial score (nSPS) is 15.3. The van der Waals surface area contributed by atoms with Crippen LogP contribution in [0, 0.1) is 6.92 Å². The number of anilines is 1. The zero-order chi connectivity index (χ0) is 9.26. The number of fused-ring (bicyclic) bond motifs is 1. The van der Waals surface area contributed by atoms with E-state index < -0.39 is 0 Å². The molecule has 0 fully saturated rings. The predicted molar refractivity (Wildman–Crippen MR) is 49.9 cm³/mol. The van der Waals surface area contributed by atoms with Crippen LogP contribution in [0.3, 0.4) is 0 Å². The van der Waals surface area contributed by atoms with Crippen LogP contribution < -0.4 is 5.32 Å². The molecule has 68 valence electrons. The Hall–Kier alpha value is -1.51. The number of carbonyl (C=O) groups excluding carboxylic acids is 1. The molecule has 1 amide bonds. The molecule has 0 saturated heterocycles. The van der Waals surface area contributed by atoms with Crippen LogP contribution in [-0.2, 0) is 11.2 Å². The van der Waals surface area contributed by atoms with E-state index in [1.807, 2.05) is 25.1 Å². The molecule has 0 radical (unpaired) electrons. The molecule has 0 unspecified atom stereocenters. The van der Waals surface area contributed by atoms with Crippen LogP contribution in [-0.4, -0.2) is 12.7 Å². The molecule has 2 rings (SSSR count). The second kappa shape index (κ2) is 3.09. The average Bonchev–Trinajstić information content (AvgIpc) is 2.27. The van der Waals surface area contributed by atoms with Gasteiger partial charge in [-0.05, 0) is 24.1 Å². The molecule has 1 aliphatic rings. The van der Waals surface area contributed by atoms with Gasteiger partial charge in [0.1, 0.15) is 0 Å². The SMILES string of the molecule is Cc1cccc2c1CCOC(=O)N2. The van der Waals surface area contributed by atoms with Crippen molar-refractivity contribution >= 4 is 11.8 Å². The van der Waals surface area contributed by atoms with Gasteiger partial charge in [-0.2, -0.15) is 0 Å². The number of aryl methyl sites for hydroxylation is 1. The zero-order valence-corrected chi connectivity index (χ0v) is 7.46. The molecule has 0 aromatic heterocycles. The van der Waals surface area contributed by atoms with Crippen LogP contribution in [0.25, 0.3) is 0 Å². The third kappa shape index (κ3) is 1.49. The summed E-state index contributed by atoms with van der Waals surface area (Å²) in [5, 5.41) is 2.70. The maximum absolute atomic E-state index is 11.0. The summed E-state index contributed by atoms with van der Waals surface area (Å²) in [4.78, 5) is 11.0. The summed E-state index contributed by atoms with van der Waals surface area (Å²) in [7, 11) is 0. The van der Waals surface area contributed by atoms with Gasteiger partial charge in [0.2, 0.25) is 0 Å². The van der Waals surface area contributed by atoms with Gasteiger partial charge in [0, 0.05) is 12.1 Å². The first-order valence-electron chi connectivity index (χ1n) is 4.29. The van der Waals surface area contributed by atoms with Crippen LogP contribution in [0.2, 0.25) is 0 Å². The minimum atomic E-state index is -0.357. The highest BCUT2D eigenvalue weighted by atomic mass is 16.5. The number of carbonyl (C=O) groups is 1. The minimum Gasteiger partial charge on any atom is -0.449 e. The van der Waals surface area contributed by atoms with E-state index in [0.29, 0.717) is 6.61 Å². The van der Waals surface area contributed by atoms with Crippen LogP contribution in [0.15, 0.2) is 18.2 Å². The molecule has 0 bridgehead atoms. The van der Waals surface area contributed by atoms with Crippen LogP contribution in [0.5, 0.6) is 0 Å². The van der Waals surface area contributed by atoms with Crippen molar-refractivity contribution in [1.82, 2.24) is 0 Å². The Bertz CT molecular complexity index is 347. The Morgan fingerprint density at radius 3 is 3.15 bits per heavy atom.